The van der Waals surface area contributed by atoms with Crippen LogP contribution < -0.4 is 0 Å². The van der Waals surface area contributed by atoms with Gasteiger partial charge in [0.2, 0.25) is 5.12 Å². The van der Waals surface area contributed by atoms with E-state index in [1.54, 1.807) is 12.1 Å². The number of carboxylic acid groups (broad SMARTS) is 1. The Morgan fingerprint density at radius 3 is 2.44 bits per heavy atom. The highest BCUT2D eigenvalue weighted by molar-refractivity contribution is 9.12. The number of carboxylic acids is 1. The van der Waals surface area contributed by atoms with Crippen molar-refractivity contribution in [1.29, 1.82) is 0 Å². The van der Waals surface area contributed by atoms with Gasteiger partial charge in [-0.2, -0.15) is 0 Å². The van der Waals surface area contributed by atoms with Crippen LogP contribution in [0.5, 0.6) is 0 Å². The van der Waals surface area contributed by atoms with Crippen LogP contribution in [0.1, 0.15) is 15.9 Å². The molecule has 0 fully saturated rings. The summed E-state index contributed by atoms with van der Waals surface area (Å²) < 4.78 is 0. The second-order valence-electron chi connectivity index (χ2n) is 2.96. The first-order valence-electron chi connectivity index (χ1n) is 4.38. The fourth-order valence-electron chi connectivity index (χ4n) is 0.867. The van der Waals surface area contributed by atoms with Crippen LogP contribution in [0.25, 0.3) is 0 Å². The van der Waals surface area contributed by atoms with E-state index >= 15 is 0 Å². The fraction of sp³-hybridized carbons (Fsp3) is 0.200. The Hall–Kier alpha value is -0.590. The molecule has 1 aromatic carbocycles. The van der Waals surface area contributed by atoms with Crippen molar-refractivity contribution >= 4 is 42.5 Å². The third-order valence-corrected chi connectivity index (χ3v) is 5.32. The number of hydrogen-bond acceptors (Lipinski definition) is 5. The zero-order valence-corrected chi connectivity index (χ0v) is 11.0. The predicted octanol–water partition coefficient (Wildman–Crippen LogP) is 3.25. The molecule has 1 N–H and O–H groups in total. The Bertz CT molecular complexity index is 375. The van der Waals surface area contributed by atoms with Crippen molar-refractivity contribution in [2.24, 2.45) is 0 Å². The number of benzene rings is 1. The van der Waals surface area contributed by atoms with E-state index in [0.717, 1.165) is 27.2 Å². The molecule has 16 heavy (non-hydrogen) atoms. The van der Waals surface area contributed by atoms with Crippen molar-refractivity contribution in [3.05, 3.63) is 35.4 Å². The molecule has 0 bridgehead atoms. The van der Waals surface area contributed by atoms with Gasteiger partial charge in [0.1, 0.15) is 5.75 Å². The lowest BCUT2D eigenvalue weighted by Crippen LogP contribution is -1.95. The third kappa shape index (κ3) is 4.96. The van der Waals surface area contributed by atoms with E-state index in [-0.39, 0.29) is 10.9 Å². The molecule has 1 rings (SSSR count). The summed E-state index contributed by atoms with van der Waals surface area (Å²) in [7, 11) is 3.39. The molecule has 0 radical (unpaired) electrons. The van der Waals surface area contributed by atoms with Crippen LogP contribution in [0.2, 0.25) is 0 Å². The molecular weight excluding hydrogens is 264 g/mol. The molecule has 3 nitrogen and oxygen atoms in total. The molecule has 0 saturated carbocycles. The van der Waals surface area contributed by atoms with Crippen molar-refractivity contribution in [2.75, 3.05) is 5.75 Å². The SMILES string of the molecule is Cc1ccc(C(=O)SSSCC(=O)O)cc1. The maximum Gasteiger partial charge on any atom is 0.314 e. The first-order valence-corrected chi connectivity index (χ1v) is 8.04. The van der Waals surface area contributed by atoms with E-state index in [4.69, 9.17) is 5.11 Å². The molecule has 0 unspecified atom stereocenters. The van der Waals surface area contributed by atoms with Crippen molar-refractivity contribution in [2.45, 2.75) is 6.92 Å². The Balaban J connectivity index is 2.35. The lowest BCUT2D eigenvalue weighted by Gasteiger charge is -1.99. The maximum absolute atomic E-state index is 11.6. The van der Waals surface area contributed by atoms with E-state index < -0.39 is 5.97 Å². The zero-order valence-electron chi connectivity index (χ0n) is 8.50. The maximum atomic E-state index is 11.6. The summed E-state index contributed by atoms with van der Waals surface area (Å²) in [6.07, 6.45) is 0. The van der Waals surface area contributed by atoms with E-state index in [1.165, 1.54) is 9.83 Å². The van der Waals surface area contributed by atoms with Crippen molar-refractivity contribution in [3.8, 4) is 0 Å². The largest absolute Gasteiger partial charge is 0.481 e. The number of carbonyl (C=O) groups is 2. The highest BCUT2D eigenvalue weighted by Crippen LogP contribution is 2.36. The zero-order chi connectivity index (χ0) is 12.0. The Morgan fingerprint density at radius 2 is 1.88 bits per heavy atom. The van der Waals surface area contributed by atoms with Gasteiger partial charge in [0.15, 0.2) is 0 Å². The van der Waals surface area contributed by atoms with Gasteiger partial charge in [-0.1, -0.05) is 40.6 Å². The number of carbonyl (C=O) groups excluding carboxylic acids is 1. The van der Waals surface area contributed by atoms with Crippen LogP contribution in [-0.4, -0.2) is 21.9 Å². The van der Waals surface area contributed by atoms with Gasteiger partial charge in [-0.3, -0.25) is 9.59 Å². The second kappa shape index (κ2) is 6.88. The third-order valence-electron chi connectivity index (χ3n) is 1.63. The van der Waals surface area contributed by atoms with Crippen LogP contribution in [0.3, 0.4) is 0 Å². The van der Waals surface area contributed by atoms with E-state index in [9.17, 15) is 9.59 Å². The fourth-order valence-corrected chi connectivity index (χ4v) is 3.85. The van der Waals surface area contributed by atoms with Crippen LogP contribution >= 0.6 is 31.4 Å². The van der Waals surface area contributed by atoms with Gasteiger partial charge in [-0.15, -0.1) is 0 Å². The summed E-state index contributed by atoms with van der Waals surface area (Å²) in [6, 6.07) is 7.30. The van der Waals surface area contributed by atoms with Crippen LogP contribution in [0, 0.1) is 6.92 Å². The first-order chi connectivity index (χ1) is 7.59. The normalized spacial score (nSPS) is 10.1. The summed E-state index contributed by atoms with van der Waals surface area (Å²) >= 11 is 0. The number of aliphatic carboxylic acids is 1. The van der Waals surface area contributed by atoms with Gasteiger partial charge in [0, 0.05) is 5.56 Å². The molecule has 86 valence electrons. The molecule has 0 aliphatic heterocycles. The molecule has 0 aromatic heterocycles. The molecule has 0 saturated heterocycles. The summed E-state index contributed by atoms with van der Waals surface area (Å²) in [4.78, 5) is 21.8. The van der Waals surface area contributed by atoms with Gasteiger partial charge in [0.25, 0.3) is 0 Å². The second-order valence-corrected chi connectivity index (χ2v) is 7.00. The highest BCUT2D eigenvalue weighted by Gasteiger charge is 2.07. The van der Waals surface area contributed by atoms with Crippen molar-refractivity contribution < 1.29 is 14.7 Å². The van der Waals surface area contributed by atoms with Crippen LogP contribution in [0.4, 0.5) is 0 Å². The first kappa shape index (κ1) is 13.5. The lowest BCUT2D eigenvalue weighted by molar-refractivity contribution is -0.133. The number of hydrogen-bond donors (Lipinski definition) is 1. The molecule has 0 spiro atoms. The van der Waals surface area contributed by atoms with E-state index in [2.05, 4.69) is 0 Å². The average molecular weight is 274 g/mol. The minimum Gasteiger partial charge on any atom is -0.481 e. The minimum atomic E-state index is -0.874. The summed E-state index contributed by atoms with van der Waals surface area (Å²) in [5, 5.41) is 8.35. The average Bonchev–Trinajstić information content (AvgIpc) is 2.25. The Labute approximate surface area is 105 Å². The topological polar surface area (TPSA) is 54.4 Å². The van der Waals surface area contributed by atoms with Gasteiger partial charge in [-0.25, -0.2) is 0 Å². The van der Waals surface area contributed by atoms with Crippen LogP contribution in [-0.2, 0) is 4.79 Å². The van der Waals surface area contributed by atoms with Gasteiger partial charge in [0.05, 0.1) is 0 Å². The Morgan fingerprint density at radius 1 is 1.25 bits per heavy atom. The van der Waals surface area contributed by atoms with Crippen molar-refractivity contribution in [1.82, 2.24) is 0 Å². The van der Waals surface area contributed by atoms with Crippen molar-refractivity contribution in [3.63, 3.8) is 0 Å². The van der Waals surface area contributed by atoms with Crippen LogP contribution in [0.15, 0.2) is 24.3 Å². The lowest BCUT2D eigenvalue weighted by atomic mass is 10.2. The molecule has 0 aliphatic carbocycles. The minimum absolute atomic E-state index is 0.00115. The summed E-state index contributed by atoms with van der Waals surface area (Å²) in [5.41, 5.74) is 1.74. The molecule has 0 atom stereocenters. The highest BCUT2D eigenvalue weighted by atomic mass is 33.5. The summed E-state index contributed by atoms with van der Waals surface area (Å²) in [6.45, 7) is 1.96. The Kier molecular flexibility index (Phi) is 5.79. The van der Waals surface area contributed by atoms with E-state index in [1.807, 2.05) is 19.1 Å². The molecule has 0 aliphatic rings. The molecular formula is C10H10O3S3. The summed E-state index contributed by atoms with van der Waals surface area (Å²) in [5.74, 6) is -0.875. The molecule has 0 amide bonds. The molecule has 0 heterocycles. The smallest absolute Gasteiger partial charge is 0.314 e. The molecule has 1 aromatic rings. The number of aryl methyl sites for hydroxylation is 1. The predicted molar refractivity (Wildman–Crippen MR) is 70.8 cm³/mol. The standard InChI is InChI=1S/C10H10O3S3/c1-7-2-4-8(5-3-7)10(13)15-16-14-6-9(11)12/h2-5H,6H2,1H3,(H,11,12). The van der Waals surface area contributed by atoms with E-state index in [0.29, 0.717) is 5.56 Å². The van der Waals surface area contributed by atoms with Gasteiger partial charge >= 0.3 is 5.97 Å². The number of rotatable bonds is 5. The van der Waals surface area contributed by atoms with Gasteiger partial charge < -0.3 is 5.11 Å². The monoisotopic (exact) mass is 274 g/mol. The molecule has 6 heteroatoms. The quantitative estimate of drug-likeness (QED) is 0.657. The van der Waals surface area contributed by atoms with Gasteiger partial charge in [-0.05, 0) is 27.5 Å².